The maximum Gasteiger partial charge on any atom is 0.222 e. The number of aliphatic hydroxyl groups is 1. The van der Waals surface area contributed by atoms with Crippen molar-refractivity contribution in [3.63, 3.8) is 0 Å². The van der Waals surface area contributed by atoms with Crippen LogP contribution in [0.2, 0.25) is 0 Å². The van der Waals surface area contributed by atoms with Gasteiger partial charge in [0.05, 0.1) is 16.6 Å². The number of thioether (sulfide) groups is 1. The number of hydrogen-bond donors (Lipinski definition) is 2. The van der Waals surface area contributed by atoms with Crippen LogP contribution in [-0.2, 0) is 29.6 Å². The lowest BCUT2D eigenvalue weighted by atomic mass is 10.1. The van der Waals surface area contributed by atoms with E-state index in [0.29, 0.717) is 30.8 Å². The van der Waals surface area contributed by atoms with Crippen molar-refractivity contribution >= 4 is 45.4 Å². The predicted molar refractivity (Wildman–Crippen MR) is 135 cm³/mol. The van der Waals surface area contributed by atoms with E-state index in [0.717, 1.165) is 52.4 Å². The summed E-state index contributed by atoms with van der Waals surface area (Å²) in [5, 5.41) is 9.53. The maximum atomic E-state index is 12.4. The number of nitrogens with two attached hydrogens (primary N) is 1. The minimum absolute atomic E-state index is 0.235. The Labute approximate surface area is 199 Å². The monoisotopic (exact) mass is 473 g/mol. The highest BCUT2D eigenvalue weighted by atomic mass is 32.2. The summed E-state index contributed by atoms with van der Waals surface area (Å²) in [7, 11) is 3.61. The van der Waals surface area contributed by atoms with Crippen molar-refractivity contribution in [3.8, 4) is 0 Å². The molecule has 0 unspecified atom stereocenters. The predicted octanol–water partition coefficient (Wildman–Crippen LogP) is 3.14. The standard InChI is InChI=1S/C20H25N5O2S.C4H10O/c1-24-16(12-27-2)23-18-19(24)14-5-3-13(11-15(14)22-20(18)21)4-6-17(26)25-7-9-28-10-8-25;1-4(2,3)5/h3,5,11H,4,6-10,12H2,1-2H3,(H2,21,22);5H,1-3H3. The number of amides is 1. The molecule has 0 radical (unpaired) electrons. The molecule has 3 aromatic rings. The number of imidazole rings is 1. The lowest BCUT2D eigenvalue weighted by molar-refractivity contribution is -0.130. The highest BCUT2D eigenvalue weighted by Gasteiger charge is 2.18. The zero-order valence-electron chi connectivity index (χ0n) is 20.2. The SMILES string of the molecule is CC(C)(C)O.COCc1nc2c(N)nc3cc(CCC(=O)N4CCSCC4)ccc3c2n1C. The van der Waals surface area contributed by atoms with Crippen LogP contribution >= 0.6 is 11.8 Å². The van der Waals surface area contributed by atoms with Crippen LogP contribution in [0.25, 0.3) is 21.9 Å². The van der Waals surface area contributed by atoms with E-state index >= 15 is 0 Å². The van der Waals surface area contributed by atoms with E-state index in [2.05, 4.69) is 22.1 Å². The maximum absolute atomic E-state index is 12.4. The lowest BCUT2D eigenvalue weighted by Crippen LogP contribution is -2.37. The van der Waals surface area contributed by atoms with Crippen molar-refractivity contribution in [2.24, 2.45) is 7.05 Å². The van der Waals surface area contributed by atoms with Gasteiger partial charge < -0.3 is 25.0 Å². The molecule has 1 aliphatic rings. The fourth-order valence-corrected chi connectivity index (χ4v) is 4.62. The van der Waals surface area contributed by atoms with Crippen LogP contribution < -0.4 is 5.73 Å². The van der Waals surface area contributed by atoms with Crippen LogP contribution in [0.3, 0.4) is 0 Å². The first-order valence-corrected chi connectivity index (χ1v) is 12.3. The van der Waals surface area contributed by atoms with Crippen molar-refractivity contribution in [3.05, 3.63) is 29.6 Å². The van der Waals surface area contributed by atoms with Crippen LogP contribution in [0.1, 0.15) is 38.6 Å². The van der Waals surface area contributed by atoms with E-state index in [-0.39, 0.29) is 5.91 Å². The molecule has 33 heavy (non-hydrogen) atoms. The molecule has 1 aromatic carbocycles. The number of aryl methyl sites for hydroxylation is 2. The fourth-order valence-electron chi connectivity index (χ4n) is 3.72. The van der Waals surface area contributed by atoms with Gasteiger partial charge in [-0.1, -0.05) is 12.1 Å². The summed E-state index contributed by atoms with van der Waals surface area (Å²) in [6, 6.07) is 6.16. The van der Waals surface area contributed by atoms with E-state index < -0.39 is 5.60 Å². The molecule has 180 valence electrons. The average Bonchev–Trinajstić information content (AvgIpc) is 3.09. The first kappa shape index (κ1) is 25.3. The van der Waals surface area contributed by atoms with Crippen molar-refractivity contribution in [1.82, 2.24) is 19.4 Å². The molecular formula is C24H35N5O3S. The van der Waals surface area contributed by atoms with Gasteiger partial charge in [-0.2, -0.15) is 11.8 Å². The van der Waals surface area contributed by atoms with Gasteiger partial charge in [-0.25, -0.2) is 9.97 Å². The van der Waals surface area contributed by atoms with Crippen molar-refractivity contribution in [2.75, 3.05) is 37.4 Å². The van der Waals surface area contributed by atoms with Crippen LogP contribution in [-0.4, -0.2) is 67.8 Å². The van der Waals surface area contributed by atoms with Gasteiger partial charge in [0.2, 0.25) is 5.91 Å². The number of carbonyl (C=O) groups is 1. The highest BCUT2D eigenvalue weighted by Crippen LogP contribution is 2.29. The Morgan fingerprint density at radius 3 is 2.55 bits per heavy atom. The number of nitrogens with zero attached hydrogens (tertiary/aromatic N) is 4. The third kappa shape index (κ3) is 6.59. The molecule has 1 amide bonds. The number of nitrogen functional groups attached to an aromatic ring is 1. The second kappa shape index (κ2) is 10.7. The number of carbonyl (C=O) groups excluding carboxylic acids is 1. The third-order valence-corrected chi connectivity index (χ3v) is 6.20. The second-order valence-corrected chi connectivity index (χ2v) is 10.5. The number of benzene rings is 1. The van der Waals surface area contributed by atoms with E-state index in [9.17, 15) is 4.79 Å². The van der Waals surface area contributed by atoms with Crippen LogP contribution in [0, 0.1) is 0 Å². The van der Waals surface area contributed by atoms with E-state index in [1.54, 1.807) is 27.9 Å². The molecule has 1 aliphatic heterocycles. The van der Waals surface area contributed by atoms with Gasteiger partial charge in [0.1, 0.15) is 17.9 Å². The minimum Gasteiger partial charge on any atom is -0.391 e. The Morgan fingerprint density at radius 2 is 1.91 bits per heavy atom. The van der Waals surface area contributed by atoms with Gasteiger partial charge in [-0.3, -0.25) is 4.79 Å². The quantitative estimate of drug-likeness (QED) is 0.586. The largest absolute Gasteiger partial charge is 0.391 e. The van der Waals surface area contributed by atoms with Crippen molar-refractivity contribution < 1.29 is 14.6 Å². The molecule has 0 atom stereocenters. The molecule has 0 bridgehead atoms. The zero-order valence-corrected chi connectivity index (χ0v) is 21.0. The Morgan fingerprint density at radius 1 is 1.24 bits per heavy atom. The van der Waals surface area contributed by atoms with Crippen molar-refractivity contribution in [1.29, 1.82) is 0 Å². The molecule has 4 rings (SSSR count). The second-order valence-electron chi connectivity index (χ2n) is 9.23. The topological polar surface area (TPSA) is 106 Å². The Kier molecular flexibility index (Phi) is 8.20. The van der Waals surface area contributed by atoms with Crippen LogP contribution in [0.15, 0.2) is 18.2 Å². The summed E-state index contributed by atoms with van der Waals surface area (Å²) in [6.07, 6.45) is 1.23. The molecular weight excluding hydrogens is 438 g/mol. The summed E-state index contributed by atoms with van der Waals surface area (Å²) in [5.74, 6) is 3.54. The summed E-state index contributed by atoms with van der Waals surface area (Å²) in [6.45, 7) is 7.37. The number of rotatable bonds is 5. The first-order chi connectivity index (χ1) is 15.6. The highest BCUT2D eigenvalue weighted by molar-refractivity contribution is 7.99. The molecule has 0 aliphatic carbocycles. The third-order valence-electron chi connectivity index (χ3n) is 5.25. The number of anilines is 1. The van der Waals surface area contributed by atoms with E-state index in [1.165, 1.54) is 0 Å². The van der Waals surface area contributed by atoms with Gasteiger partial charge >= 0.3 is 0 Å². The summed E-state index contributed by atoms with van der Waals surface area (Å²) < 4.78 is 7.24. The average molecular weight is 474 g/mol. The molecule has 2 aromatic heterocycles. The fraction of sp³-hybridized carbons (Fsp3) is 0.542. The molecule has 1 fully saturated rings. The van der Waals surface area contributed by atoms with Gasteiger partial charge in [-0.15, -0.1) is 0 Å². The Hall–Kier alpha value is -2.36. The zero-order chi connectivity index (χ0) is 24.2. The smallest absolute Gasteiger partial charge is 0.222 e. The number of methoxy groups -OCH3 is 1. The number of fused-ring (bicyclic) bond motifs is 3. The van der Waals surface area contributed by atoms with Gasteiger partial charge in [0.25, 0.3) is 0 Å². The molecule has 8 nitrogen and oxygen atoms in total. The lowest BCUT2D eigenvalue weighted by Gasteiger charge is -2.26. The minimum atomic E-state index is -0.500. The molecule has 3 N–H and O–H groups in total. The van der Waals surface area contributed by atoms with Crippen molar-refractivity contribution in [2.45, 2.75) is 45.8 Å². The molecule has 3 heterocycles. The van der Waals surface area contributed by atoms with E-state index in [1.807, 2.05) is 34.3 Å². The summed E-state index contributed by atoms with van der Waals surface area (Å²) >= 11 is 1.91. The number of pyridine rings is 1. The summed E-state index contributed by atoms with van der Waals surface area (Å²) in [5.41, 5.74) is 9.27. The first-order valence-electron chi connectivity index (χ1n) is 11.2. The van der Waals surface area contributed by atoms with Gasteiger partial charge in [0, 0.05) is 50.6 Å². The van der Waals surface area contributed by atoms with Gasteiger partial charge in [0.15, 0.2) is 5.82 Å². The summed E-state index contributed by atoms with van der Waals surface area (Å²) in [4.78, 5) is 23.5. The normalized spacial score (nSPS) is 14.4. The number of ether oxygens (including phenoxy) is 1. The van der Waals surface area contributed by atoms with Crippen LogP contribution in [0.5, 0.6) is 0 Å². The Balaban J connectivity index is 0.000000555. The molecule has 9 heteroatoms. The number of hydrogen-bond acceptors (Lipinski definition) is 7. The molecule has 0 saturated carbocycles. The molecule has 0 spiro atoms. The van der Waals surface area contributed by atoms with Gasteiger partial charge in [-0.05, 0) is 38.8 Å². The molecule has 1 saturated heterocycles. The van der Waals surface area contributed by atoms with Crippen LogP contribution in [0.4, 0.5) is 5.82 Å². The number of aromatic nitrogens is 3. The Bertz CT molecular complexity index is 1110. The van der Waals surface area contributed by atoms with E-state index in [4.69, 9.17) is 15.6 Å².